The lowest BCUT2D eigenvalue weighted by atomic mass is 10.2. The molecule has 1 aromatic heterocycles. The molecule has 1 amide bonds. The first-order valence-corrected chi connectivity index (χ1v) is 8.02. The second kappa shape index (κ2) is 8.12. The van der Waals surface area contributed by atoms with E-state index in [4.69, 9.17) is 0 Å². The van der Waals surface area contributed by atoms with Gasteiger partial charge in [0, 0.05) is 13.5 Å². The van der Waals surface area contributed by atoms with Crippen LogP contribution in [0.1, 0.15) is 57.3 Å². The van der Waals surface area contributed by atoms with E-state index in [9.17, 15) is 4.79 Å². The summed E-state index contributed by atoms with van der Waals surface area (Å²) in [6.45, 7) is 5.36. The van der Waals surface area contributed by atoms with Crippen LogP contribution >= 0.6 is 0 Å². The Hall–Kier alpha value is -1.43. The smallest absolute Gasteiger partial charge is 0.220 e. The number of likely N-dealkylation sites (tertiary alicyclic amines) is 1. The van der Waals surface area contributed by atoms with E-state index in [1.54, 1.807) is 6.33 Å². The summed E-state index contributed by atoms with van der Waals surface area (Å²) < 4.78 is 1.84. The average Bonchev–Trinajstić information content (AvgIpc) is 2.72. The SMILES string of the molecule is C[C@@H](NC(=O)CCCN1CCCCCC1)c1nncn1C. The van der Waals surface area contributed by atoms with Gasteiger partial charge in [0.15, 0.2) is 5.82 Å². The van der Waals surface area contributed by atoms with Crippen LogP contribution in [0.5, 0.6) is 0 Å². The topological polar surface area (TPSA) is 63.1 Å². The summed E-state index contributed by atoms with van der Waals surface area (Å²) in [6, 6.07) is -0.0943. The van der Waals surface area contributed by atoms with E-state index in [1.165, 1.54) is 38.8 Å². The zero-order chi connectivity index (χ0) is 15.1. The molecule has 0 radical (unpaired) electrons. The first kappa shape index (κ1) is 15.9. The second-order valence-corrected chi connectivity index (χ2v) is 5.95. The largest absolute Gasteiger partial charge is 0.346 e. The average molecular weight is 293 g/mol. The Bertz CT molecular complexity index is 437. The van der Waals surface area contributed by atoms with Crippen molar-refractivity contribution in [3.05, 3.63) is 12.2 Å². The lowest BCUT2D eigenvalue weighted by Gasteiger charge is -2.19. The fourth-order valence-electron chi connectivity index (χ4n) is 2.89. The van der Waals surface area contributed by atoms with E-state index in [2.05, 4.69) is 20.4 Å². The third-order valence-electron chi connectivity index (χ3n) is 4.09. The minimum atomic E-state index is -0.0943. The van der Waals surface area contributed by atoms with Crippen molar-refractivity contribution in [3.8, 4) is 0 Å². The summed E-state index contributed by atoms with van der Waals surface area (Å²) in [5, 5.41) is 10.9. The molecule has 1 atom stereocenters. The van der Waals surface area contributed by atoms with Gasteiger partial charge in [0.2, 0.25) is 5.91 Å². The summed E-state index contributed by atoms with van der Waals surface area (Å²) in [4.78, 5) is 14.5. The van der Waals surface area contributed by atoms with Crippen molar-refractivity contribution in [2.75, 3.05) is 19.6 Å². The van der Waals surface area contributed by atoms with Gasteiger partial charge in [0.05, 0.1) is 6.04 Å². The van der Waals surface area contributed by atoms with Crippen LogP contribution < -0.4 is 5.32 Å². The Morgan fingerprint density at radius 2 is 2.05 bits per heavy atom. The third-order valence-corrected chi connectivity index (χ3v) is 4.09. The Morgan fingerprint density at radius 3 is 2.67 bits per heavy atom. The van der Waals surface area contributed by atoms with E-state index in [-0.39, 0.29) is 11.9 Å². The minimum absolute atomic E-state index is 0.0943. The third kappa shape index (κ3) is 5.12. The summed E-state index contributed by atoms with van der Waals surface area (Å²) in [5.74, 6) is 0.885. The van der Waals surface area contributed by atoms with E-state index in [0.29, 0.717) is 6.42 Å². The fraction of sp³-hybridized carbons (Fsp3) is 0.800. The predicted octanol–water partition coefficient (Wildman–Crippen LogP) is 1.65. The molecule has 118 valence electrons. The quantitative estimate of drug-likeness (QED) is 0.866. The molecule has 21 heavy (non-hydrogen) atoms. The van der Waals surface area contributed by atoms with Crippen LogP contribution in [0.15, 0.2) is 6.33 Å². The Labute approximate surface area is 126 Å². The number of hydrogen-bond donors (Lipinski definition) is 1. The highest BCUT2D eigenvalue weighted by atomic mass is 16.1. The van der Waals surface area contributed by atoms with Crippen molar-refractivity contribution in [3.63, 3.8) is 0 Å². The van der Waals surface area contributed by atoms with Gasteiger partial charge in [-0.05, 0) is 45.8 Å². The van der Waals surface area contributed by atoms with Crippen LogP contribution in [0, 0.1) is 0 Å². The van der Waals surface area contributed by atoms with Crippen molar-refractivity contribution in [1.82, 2.24) is 25.0 Å². The van der Waals surface area contributed by atoms with Gasteiger partial charge in [0.1, 0.15) is 6.33 Å². The fourth-order valence-corrected chi connectivity index (χ4v) is 2.89. The molecular weight excluding hydrogens is 266 g/mol. The van der Waals surface area contributed by atoms with Crippen LogP contribution in [0.2, 0.25) is 0 Å². The van der Waals surface area contributed by atoms with Crippen molar-refractivity contribution in [1.29, 1.82) is 0 Å². The number of nitrogens with one attached hydrogen (secondary N) is 1. The first-order chi connectivity index (χ1) is 10.2. The summed E-state index contributed by atoms with van der Waals surface area (Å²) in [7, 11) is 1.89. The number of carbonyl (C=O) groups is 1. The second-order valence-electron chi connectivity index (χ2n) is 5.95. The zero-order valence-electron chi connectivity index (χ0n) is 13.2. The van der Waals surface area contributed by atoms with Crippen molar-refractivity contribution in [2.45, 2.75) is 51.5 Å². The Kier molecular flexibility index (Phi) is 6.17. The Balaban J connectivity index is 1.66. The van der Waals surface area contributed by atoms with Gasteiger partial charge in [-0.25, -0.2) is 0 Å². The molecule has 6 heteroatoms. The molecule has 0 bridgehead atoms. The van der Waals surface area contributed by atoms with Gasteiger partial charge >= 0.3 is 0 Å². The number of aromatic nitrogens is 3. The molecule has 2 heterocycles. The van der Waals surface area contributed by atoms with E-state index < -0.39 is 0 Å². The summed E-state index contributed by atoms with van der Waals surface area (Å²) in [6.07, 6.45) is 8.47. The molecule has 1 N–H and O–H groups in total. The Morgan fingerprint density at radius 1 is 1.33 bits per heavy atom. The molecule has 1 aliphatic heterocycles. The molecule has 2 rings (SSSR count). The molecule has 6 nitrogen and oxygen atoms in total. The van der Waals surface area contributed by atoms with Crippen LogP contribution in [0.3, 0.4) is 0 Å². The van der Waals surface area contributed by atoms with Gasteiger partial charge in [-0.2, -0.15) is 0 Å². The van der Waals surface area contributed by atoms with E-state index >= 15 is 0 Å². The van der Waals surface area contributed by atoms with Gasteiger partial charge in [-0.1, -0.05) is 12.8 Å². The van der Waals surface area contributed by atoms with Gasteiger partial charge in [-0.15, -0.1) is 10.2 Å². The molecule has 0 aromatic carbocycles. The molecule has 1 saturated heterocycles. The number of carbonyl (C=O) groups excluding carboxylic acids is 1. The van der Waals surface area contributed by atoms with Crippen molar-refractivity contribution >= 4 is 5.91 Å². The predicted molar refractivity (Wildman–Crippen MR) is 81.7 cm³/mol. The maximum Gasteiger partial charge on any atom is 0.220 e. The number of nitrogens with zero attached hydrogens (tertiary/aromatic N) is 4. The van der Waals surface area contributed by atoms with E-state index in [0.717, 1.165) is 18.8 Å². The maximum atomic E-state index is 12.0. The molecule has 0 unspecified atom stereocenters. The summed E-state index contributed by atoms with van der Waals surface area (Å²) in [5.41, 5.74) is 0. The molecule has 1 fully saturated rings. The first-order valence-electron chi connectivity index (χ1n) is 8.02. The molecule has 0 spiro atoms. The van der Waals surface area contributed by atoms with Crippen LogP contribution in [-0.2, 0) is 11.8 Å². The van der Waals surface area contributed by atoms with Crippen molar-refractivity contribution in [2.24, 2.45) is 7.05 Å². The number of amides is 1. The number of aryl methyl sites for hydroxylation is 1. The highest BCUT2D eigenvalue weighted by molar-refractivity contribution is 5.76. The standard InChI is InChI=1S/C15H27N5O/c1-13(15-18-16-12-19(15)2)17-14(21)8-7-11-20-9-5-3-4-6-10-20/h12-13H,3-11H2,1-2H3,(H,17,21)/t13-/m1/s1. The van der Waals surface area contributed by atoms with Crippen molar-refractivity contribution < 1.29 is 4.79 Å². The van der Waals surface area contributed by atoms with Gasteiger partial charge < -0.3 is 14.8 Å². The molecule has 0 saturated carbocycles. The van der Waals surface area contributed by atoms with Gasteiger partial charge in [-0.3, -0.25) is 4.79 Å². The number of hydrogen-bond acceptors (Lipinski definition) is 4. The molecule has 1 aliphatic rings. The van der Waals surface area contributed by atoms with E-state index in [1.807, 2.05) is 18.5 Å². The highest BCUT2D eigenvalue weighted by Gasteiger charge is 2.14. The van der Waals surface area contributed by atoms with Crippen LogP contribution in [-0.4, -0.2) is 45.2 Å². The minimum Gasteiger partial charge on any atom is -0.346 e. The maximum absolute atomic E-state index is 12.0. The summed E-state index contributed by atoms with van der Waals surface area (Å²) >= 11 is 0. The highest BCUT2D eigenvalue weighted by Crippen LogP contribution is 2.11. The van der Waals surface area contributed by atoms with Gasteiger partial charge in [0.25, 0.3) is 0 Å². The lowest BCUT2D eigenvalue weighted by molar-refractivity contribution is -0.121. The lowest BCUT2D eigenvalue weighted by Crippen LogP contribution is -2.30. The monoisotopic (exact) mass is 293 g/mol. The van der Waals surface area contributed by atoms with Crippen LogP contribution in [0.25, 0.3) is 0 Å². The molecule has 0 aliphatic carbocycles. The van der Waals surface area contributed by atoms with Crippen LogP contribution in [0.4, 0.5) is 0 Å². The molecule has 1 aromatic rings. The molecular formula is C15H27N5O. The number of rotatable bonds is 6. The normalized spacial score (nSPS) is 18.2. The zero-order valence-corrected chi connectivity index (χ0v) is 13.2.